The lowest BCUT2D eigenvalue weighted by molar-refractivity contribution is -0.142. The molecule has 0 radical (unpaired) electrons. The number of imide groups is 1. The zero-order valence-corrected chi connectivity index (χ0v) is 19.5. The predicted molar refractivity (Wildman–Crippen MR) is 123 cm³/mol. The van der Waals surface area contributed by atoms with Gasteiger partial charge in [-0.2, -0.15) is 0 Å². The van der Waals surface area contributed by atoms with Gasteiger partial charge in [-0.15, -0.1) is 0 Å². The Balaban J connectivity index is 1.49. The number of rotatable bonds is 7. The van der Waals surface area contributed by atoms with E-state index in [4.69, 9.17) is 9.47 Å². The van der Waals surface area contributed by atoms with Gasteiger partial charge in [-0.1, -0.05) is 18.2 Å². The highest BCUT2D eigenvalue weighted by molar-refractivity contribution is 6.10. The van der Waals surface area contributed by atoms with Crippen molar-refractivity contribution in [3.05, 3.63) is 59.9 Å². The van der Waals surface area contributed by atoms with E-state index in [2.05, 4.69) is 0 Å². The summed E-state index contributed by atoms with van der Waals surface area (Å²) >= 11 is 0. The first-order chi connectivity index (χ1) is 16.3. The van der Waals surface area contributed by atoms with Gasteiger partial charge in [0, 0.05) is 45.0 Å². The summed E-state index contributed by atoms with van der Waals surface area (Å²) in [6.45, 7) is 1.44. The highest BCUT2D eigenvalue weighted by atomic mass is 19.1. The minimum atomic E-state index is -1.25. The SMILES string of the molecule is COc1cccc(C2(CC(=O)N3CCCC(COc4cccc(F)c4)C3)CC(=O)N(C)C2=O)c1. The summed E-state index contributed by atoms with van der Waals surface area (Å²) in [5.74, 6) is -0.0958. The molecule has 34 heavy (non-hydrogen) atoms. The second-order valence-electron chi connectivity index (χ2n) is 9.04. The van der Waals surface area contributed by atoms with Gasteiger partial charge in [0.05, 0.1) is 19.1 Å². The first-order valence-corrected chi connectivity index (χ1v) is 11.4. The molecule has 4 rings (SSSR count). The third-order valence-corrected chi connectivity index (χ3v) is 6.77. The minimum absolute atomic E-state index is 0.0544. The summed E-state index contributed by atoms with van der Waals surface area (Å²) in [4.78, 5) is 42.0. The summed E-state index contributed by atoms with van der Waals surface area (Å²) in [5.41, 5.74) is -0.645. The number of carbonyl (C=O) groups is 3. The van der Waals surface area contributed by atoms with Crippen molar-refractivity contribution in [2.75, 3.05) is 33.9 Å². The van der Waals surface area contributed by atoms with Crippen molar-refractivity contribution in [1.82, 2.24) is 9.80 Å². The number of likely N-dealkylation sites (N-methyl/N-ethyl adjacent to an activating group) is 1. The van der Waals surface area contributed by atoms with E-state index in [0.717, 1.165) is 17.7 Å². The Labute approximate surface area is 198 Å². The molecule has 0 N–H and O–H groups in total. The second-order valence-corrected chi connectivity index (χ2v) is 9.04. The normalized spacial score (nSPS) is 22.7. The molecular weight excluding hydrogens is 439 g/mol. The van der Waals surface area contributed by atoms with Crippen LogP contribution in [0, 0.1) is 11.7 Å². The number of benzene rings is 2. The van der Waals surface area contributed by atoms with Crippen LogP contribution in [0.4, 0.5) is 4.39 Å². The number of hydrogen-bond acceptors (Lipinski definition) is 5. The van der Waals surface area contributed by atoms with Crippen molar-refractivity contribution in [3.63, 3.8) is 0 Å². The Morgan fingerprint density at radius 3 is 2.62 bits per heavy atom. The Morgan fingerprint density at radius 1 is 1.15 bits per heavy atom. The highest BCUT2D eigenvalue weighted by Gasteiger charge is 2.53. The molecule has 2 saturated heterocycles. The molecule has 2 aromatic carbocycles. The van der Waals surface area contributed by atoms with Gasteiger partial charge in [0.15, 0.2) is 0 Å². The van der Waals surface area contributed by atoms with E-state index in [1.54, 1.807) is 41.3 Å². The van der Waals surface area contributed by atoms with E-state index < -0.39 is 5.41 Å². The third kappa shape index (κ3) is 4.76. The lowest BCUT2D eigenvalue weighted by Gasteiger charge is -2.35. The molecule has 2 aromatic rings. The molecule has 2 atom stereocenters. The molecule has 3 amide bonds. The number of carbonyl (C=O) groups excluding carboxylic acids is 3. The molecule has 7 nitrogen and oxygen atoms in total. The number of hydrogen-bond donors (Lipinski definition) is 0. The number of halogens is 1. The van der Waals surface area contributed by atoms with Crippen molar-refractivity contribution in [2.45, 2.75) is 31.1 Å². The van der Waals surface area contributed by atoms with Crippen LogP contribution in [0.15, 0.2) is 48.5 Å². The zero-order valence-electron chi connectivity index (χ0n) is 19.5. The van der Waals surface area contributed by atoms with Crippen LogP contribution in [0.2, 0.25) is 0 Å². The number of piperidine rings is 1. The molecule has 8 heteroatoms. The molecule has 0 spiro atoms. The molecule has 2 aliphatic heterocycles. The van der Waals surface area contributed by atoms with Gasteiger partial charge in [-0.05, 0) is 42.7 Å². The van der Waals surface area contributed by atoms with Crippen LogP contribution < -0.4 is 9.47 Å². The fourth-order valence-corrected chi connectivity index (χ4v) is 4.84. The summed E-state index contributed by atoms with van der Waals surface area (Å²) in [5, 5.41) is 0. The largest absolute Gasteiger partial charge is 0.497 e. The molecular formula is C26H29FN2O5. The topological polar surface area (TPSA) is 76.2 Å². The van der Waals surface area contributed by atoms with Gasteiger partial charge in [-0.25, -0.2) is 4.39 Å². The van der Waals surface area contributed by atoms with Gasteiger partial charge in [0.1, 0.15) is 17.3 Å². The molecule has 0 aliphatic carbocycles. The van der Waals surface area contributed by atoms with Crippen LogP contribution in [0.1, 0.15) is 31.2 Å². The molecule has 0 aromatic heterocycles. The zero-order chi connectivity index (χ0) is 24.3. The number of likely N-dealkylation sites (tertiary alicyclic amines) is 2. The Hall–Kier alpha value is -3.42. The maximum absolute atomic E-state index is 13.4. The second kappa shape index (κ2) is 9.83. The van der Waals surface area contributed by atoms with Crippen molar-refractivity contribution >= 4 is 17.7 Å². The Morgan fingerprint density at radius 2 is 1.91 bits per heavy atom. The first-order valence-electron chi connectivity index (χ1n) is 11.4. The summed E-state index contributed by atoms with van der Waals surface area (Å²) in [6, 6.07) is 13.0. The van der Waals surface area contributed by atoms with Gasteiger partial charge in [-0.3, -0.25) is 19.3 Å². The van der Waals surface area contributed by atoms with Crippen LogP contribution >= 0.6 is 0 Å². The van der Waals surface area contributed by atoms with Gasteiger partial charge in [0.2, 0.25) is 17.7 Å². The maximum atomic E-state index is 13.4. The molecule has 2 heterocycles. The van der Waals surface area contributed by atoms with E-state index in [0.29, 0.717) is 36.8 Å². The van der Waals surface area contributed by atoms with E-state index in [9.17, 15) is 18.8 Å². The van der Waals surface area contributed by atoms with Crippen molar-refractivity contribution in [1.29, 1.82) is 0 Å². The van der Waals surface area contributed by atoms with Crippen LogP contribution in [-0.4, -0.2) is 61.4 Å². The molecule has 180 valence electrons. The molecule has 0 saturated carbocycles. The van der Waals surface area contributed by atoms with E-state index in [1.165, 1.54) is 26.3 Å². The maximum Gasteiger partial charge on any atom is 0.240 e. The van der Waals surface area contributed by atoms with Crippen molar-refractivity contribution in [3.8, 4) is 11.5 Å². The van der Waals surface area contributed by atoms with Crippen LogP contribution in [0.25, 0.3) is 0 Å². The number of nitrogens with zero attached hydrogens (tertiary/aromatic N) is 2. The van der Waals surface area contributed by atoms with Crippen LogP contribution in [0.5, 0.6) is 11.5 Å². The average molecular weight is 469 g/mol. The fourth-order valence-electron chi connectivity index (χ4n) is 4.84. The quantitative estimate of drug-likeness (QED) is 0.584. The molecule has 2 unspecified atom stereocenters. The van der Waals surface area contributed by atoms with Gasteiger partial charge < -0.3 is 14.4 Å². The van der Waals surface area contributed by atoms with E-state index in [1.807, 2.05) is 0 Å². The number of methoxy groups -OCH3 is 1. The van der Waals surface area contributed by atoms with E-state index in [-0.39, 0.29) is 42.3 Å². The monoisotopic (exact) mass is 468 g/mol. The van der Waals surface area contributed by atoms with Crippen LogP contribution in [0.3, 0.4) is 0 Å². The van der Waals surface area contributed by atoms with Gasteiger partial charge >= 0.3 is 0 Å². The molecule has 2 fully saturated rings. The average Bonchev–Trinajstić information content (AvgIpc) is 3.07. The van der Waals surface area contributed by atoms with Crippen LogP contribution in [-0.2, 0) is 19.8 Å². The number of amides is 3. The third-order valence-electron chi connectivity index (χ3n) is 6.77. The standard InChI is InChI=1S/C26H29FN2O5/c1-28-23(30)14-26(25(28)32,19-7-3-9-21(12-19)33-2)15-24(31)29-11-5-6-18(16-29)17-34-22-10-4-8-20(27)13-22/h3-4,7-10,12-13,18H,5-6,11,14-17H2,1-2H3. The van der Waals surface area contributed by atoms with Crippen molar-refractivity contribution < 1.29 is 28.2 Å². The van der Waals surface area contributed by atoms with Crippen molar-refractivity contribution in [2.24, 2.45) is 5.92 Å². The summed E-state index contributed by atoms with van der Waals surface area (Å²) < 4.78 is 24.5. The smallest absolute Gasteiger partial charge is 0.240 e. The predicted octanol–water partition coefficient (Wildman–Crippen LogP) is 3.17. The lowest BCUT2D eigenvalue weighted by Crippen LogP contribution is -2.46. The molecule has 0 bridgehead atoms. The fraction of sp³-hybridized carbons (Fsp3) is 0.423. The molecule has 2 aliphatic rings. The number of ether oxygens (including phenoxy) is 2. The Bertz CT molecular complexity index is 1090. The minimum Gasteiger partial charge on any atom is -0.497 e. The van der Waals surface area contributed by atoms with E-state index >= 15 is 0 Å². The summed E-state index contributed by atoms with van der Waals surface area (Å²) in [7, 11) is 2.99. The summed E-state index contributed by atoms with van der Waals surface area (Å²) in [6.07, 6.45) is 1.55. The lowest BCUT2D eigenvalue weighted by atomic mass is 9.75. The van der Waals surface area contributed by atoms with Gasteiger partial charge in [0.25, 0.3) is 0 Å². The Kier molecular flexibility index (Phi) is 6.86. The highest BCUT2D eigenvalue weighted by Crippen LogP contribution is 2.41. The first kappa shape index (κ1) is 23.7.